The van der Waals surface area contributed by atoms with Gasteiger partial charge in [-0.25, -0.2) is 0 Å². The number of carbonyl (C=O) groups excluding carboxylic acids is 1. The number of benzene rings is 1. The monoisotopic (exact) mass is 345 g/mol. The Labute approximate surface area is 134 Å². The van der Waals surface area contributed by atoms with Crippen molar-refractivity contribution in [2.75, 3.05) is 20.4 Å². The Morgan fingerprint density at radius 3 is 2.39 bits per heavy atom. The average molecular weight is 346 g/mol. The molecule has 1 radical (unpaired) electrons. The molecule has 1 aromatic rings. The van der Waals surface area contributed by atoms with Crippen molar-refractivity contribution in [3.8, 4) is 11.5 Å². The Bertz CT molecular complexity index is 415. The molecular weight excluding hydrogens is 333 g/mol. The summed E-state index contributed by atoms with van der Waals surface area (Å²) in [5.41, 5.74) is 0.402. The number of methoxy groups -OCH3 is 2. The van der Waals surface area contributed by atoms with E-state index in [-0.39, 0.29) is 33.0 Å². The molecule has 0 aliphatic rings. The first kappa shape index (κ1) is 18.3. The number of ether oxygens (including phenoxy) is 2. The smallest absolute Gasteiger partial charge is 0.188 e. The molecule has 0 N–H and O–H groups in total. The number of carbonyl (C=O) groups is 1. The Kier molecular flexibility index (Phi) is 8.59. The van der Waals surface area contributed by atoms with Gasteiger partial charge in [-0.15, -0.1) is 0 Å². The quantitative estimate of drug-likeness (QED) is 0.604. The molecule has 18 heavy (non-hydrogen) atoms. The summed E-state index contributed by atoms with van der Waals surface area (Å²) in [6.07, 6.45) is 0.787. The Morgan fingerprint density at radius 2 is 1.94 bits per heavy atom. The van der Waals surface area contributed by atoms with E-state index < -0.39 is 0 Å². The van der Waals surface area contributed by atoms with E-state index in [4.69, 9.17) is 21.1 Å². The van der Waals surface area contributed by atoms with Gasteiger partial charge in [0.05, 0.1) is 23.7 Å². The molecule has 0 aromatic heterocycles. The van der Waals surface area contributed by atoms with Crippen LogP contribution in [-0.2, 0) is 0 Å². The summed E-state index contributed by atoms with van der Waals surface area (Å²) in [6.45, 7) is 1.95. The van der Waals surface area contributed by atoms with Crippen molar-refractivity contribution < 1.29 is 14.3 Å². The minimum atomic E-state index is -0.00981. The Morgan fingerprint density at radius 1 is 1.39 bits per heavy atom. The molecule has 0 spiro atoms. The summed E-state index contributed by atoms with van der Waals surface area (Å²) < 4.78 is 11.1. The molecule has 0 amide bonds. The van der Waals surface area contributed by atoms with E-state index in [9.17, 15) is 4.79 Å². The molecule has 1 aromatic carbocycles. The largest absolute Gasteiger partial charge is 0.495 e. The van der Waals surface area contributed by atoms with Gasteiger partial charge in [0.2, 0.25) is 0 Å². The zero-order chi connectivity index (χ0) is 13.0. The van der Waals surface area contributed by atoms with E-state index in [1.165, 1.54) is 14.2 Å². The zero-order valence-electron chi connectivity index (χ0n) is 10.8. The standard InChI is InChI=1S/C11H13BrClO3P.Li/c1-4-17-11(14)8-9(15-2)6(12)5-7(13)10(8)16-3;/h5,17H,4H2,1-3H3;. The van der Waals surface area contributed by atoms with Gasteiger partial charge in [-0.05, 0) is 36.7 Å². The van der Waals surface area contributed by atoms with Crippen molar-refractivity contribution in [2.45, 2.75) is 6.92 Å². The van der Waals surface area contributed by atoms with Gasteiger partial charge in [0.1, 0.15) is 11.3 Å². The van der Waals surface area contributed by atoms with Crippen molar-refractivity contribution >= 4 is 60.5 Å². The molecule has 3 nitrogen and oxygen atoms in total. The molecule has 0 aliphatic carbocycles. The summed E-state index contributed by atoms with van der Waals surface area (Å²) in [6, 6.07) is 1.66. The third-order valence-corrected chi connectivity index (χ3v) is 3.91. The van der Waals surface area contributed by atoms with E-state index in [0.717, 1.165) is 6.16 Å². The van der Waals surface area contributed by atoms with E-state index in [1.807, 2.05) is 6.92 Å². The van der Waals surface area contributed by atoms with Crippen LogP contribution in [0.5, 0.6) is 11.5 Å². The van der Waals surface area contributed by atoms with Gasteiger partial charge in [-0.1, -0.05) is 18.5 Å². The van der Waals surface area contributed by atoms with Crippen LogP contribution in [0.2, 0.25) is 5.02 Å². The fourth-order valence-electron chi connectivity index (χ4n) is 1.44. The molecule has 0 saturated carbocycles. The first-order valence-electron chi connectivity index (χ1n) is 4.94. The fraction of sp³-hybridized carbons (Fsp3) is 0.364. The fourth-order valence-corrected chi connectivity index (χ4v) is 3.17. The number of hydrogen-bond acceptors (Lipinski definition) is 3. The van der Waals surface area contributed by atoms with Crippen molar-refractivity contribution in [2.24, 2.45) is 0 Å². The van der Waals surface area contributed by atoms with Crippen LogP contribution in [0.1, 0.15) is 17.3 Å². The van der Waals surface area contributed by atoms with Crippen LogP contribution in [0.3, 0.4) is 0 Å². The number of halogens is 2. The summed E-state index contributed by atoms with van der Waals surface area (Å²) in [5.74, 6) is 0.842. The number of hydrogen-bond donors (Lipinski definition) is 0. The summed E-state index contributed by atoms with van der Waals surface area (Å²) in [5, 5.41) is 0.393. The third kappa shape index (κ3) is 3.89. The molecule has 0 heterocycles. The second kappa shape index (κ2) is 8.46. The van der Waals surface area contributed by atoms with E-state index >= 15 is 0 Å². The third-order valence-electron chi connectivity index (χ3n) is 2.11. The van der Waals surface area contributed by atoms with Gasteiger partial charge in [-0.3, -0.25) is 4.79 Å². The van der Waals surface area contributed by atoms with Crippen molar-refractivity contribution in [3.63, 3.8) is 0 Å². The average Bonchev–Trinajstić information content (AvgIpc) is 2.28. The summed E-state index contributed by atoms with van der Waals surface area (Å²) in [4.78, 5) is 12.1. The first-order chi connectivity index (χ1) is 8.06. The van der Waals surface area contributed by atoms with Gasteiger partial charge in [0.15, 0.2) is 11.3 Å². The van der Waals surface area contributed by atoms with Gasteiger partial charge in [0.25, 0.3) is 0 Å². The van der Waals surface area contributed by atoms with Crippen LogP contribution in [0.25, 0.3) is 0 Å². The predicted octanol–water partition coefficient (Wildman–Crippen LogP) is 3.58. The van der Waals surface area contributed by atoms with Gasteiger partial charge in [0, 0.05) is 18.9 Å². The first-order valence-corrected chi connectivity index (χ1v) is 7.32. The zero-order valence-corrected chi connectivity index (χ0v) is 14.1. The molecule has 0 bridgehead atoms. The summed E-state index contributed by atoms with van der Waals surface area (Å²) in [7, 11) is 3.18. The molecular formula is C11H13BrClLiO3P. The Hall–Kier alpha value is 0.287. The summed E-state index contributed by atoms with van der Waals surface area (Å²) >= 11 is 9.38. The van der Waals surface area contributed by atoms with E-state index in [2.05, 4.69) is 15.9 Å². The normalized spacial score (nSPS) is 10.3. The molecule has 0 fully saturated rings. The van der Waals surface area contributed by atoms with Crippen LogP contribution in [-0.4, -0.2) is 44.8 Å². The van der Waals surface area contributed by atoms with Gasteiger partial charge in [-0.2, -0.15) is 0 Å². The molecule has 0 aliphatic heterocycles. The van der Waals surface area contributed by atoms with Crippen LogP contribution in [0.15, 0.2) is 10.5 Å². The SMILES string of the molecule is CCPC(=O)c1c(OC)c(Cl)cc(Br)c1OC.[Li]. The maximum absolute atomic E-state index is 12.1. The maximum atomic E-state index is 12.1. The van der Waals surface area contributed by atoms with Crippen LogP contribution < -0.4 is 9.47 Å². The molecule has 95 valence electrons. The second-order valence-corrected chi connectivity index (χ2v) is 5.92. The van der Waals surface area contributed by atoms with E-state index in [1.54, 1.807) is 6.07 Å². The van der Waals surface area contributed by atoms with Gasteiger partial charge >= 0.3 is 0 Å². The van der Waals surface area contributed by atoms with Crippen LogP contribution in [0.4, 0.5) is 0 Å². The van der Waals surface area contributed by atoms with Crippen molar-refractivity contribution in [1.82, 2.24) is 0 Å². The van der Waals surface area contributed by atoms with Crippen LogP contribution >= 0.6 is 36.1 Å². The molecule has 7 heteroatoms. The molecule has 1 rings (SSSR count). The topological polar surface area (TPSA) is 35.5 Å². The van der Waals surface area contributed by atoms with E-state index in [0.29, 0.717) is 26.6 Å². The van der Waals surface area contributed by atoms with Crippen LogP contribution in [0, 0.1) is 0 Å². The Balaban J connectivity index is 0.00000289. The minimum absolute atomic E-state index is 0. The minimum Gasteiger partial charge on any atom is -0.495 e. The van der Waals surface area contributed by atoms with Crippen molar-refractivity contribution in [3.05, 3.63) is 21.1 Å². The second-order valence-electron chi connectivity index (χ2n) is 3.14. The maximum Gasteiger partial charge on any atom is 0.188 e. The molecule has 0 saturated heterocycles. The number of rotatable bonds is 5. The predicted molar refractivity (Wildman–Crippen MR) is 81.2 cm³/mol. The van der Waals surface area contributed by atoms with Gasteiger partial charge < -0.3 is 9.47 Å². The molecule has 1 unspecified atom stereocenters. The van der Waals surface area contributed by atoms with Crippen molar-refractivity contribution in [1.29, 1.82) is 0 Å². The molecule has 1 atom stereocenters.